The molecule has 0 unspecified atom stereocenters. The zero-order chi connectivity index (χ0) is 19.2. The van der Waals surface area contributed by atoms with E-state index in [1.165, 1.54) is 11.6 Å². The number of carbonyl (C=O) groups excluding carboxylic acids is 2. The number of hydrogen-bond donors (Lipinski definition) is 3. The molecule has 0 atom stereocenters. The topological polar surface area (TPSA) is 105 Å². The number of nitrogens with one attached hydrogen (secondary N) is 3. The number of amides is 3. The van der Waals surface area contributed by atoms with Gasteiger partial charge in [-0.25, -0.2) is 9.59 Å². The van der Waals surface area contributed by atoms with Crippen LogP contribution in [0, 0.1) is 0 Å². The van der Waals surface area contributed by atoms with E-state index in [-0.39, 0.29) is 18.4 Å². The van der Waals surface area contributed by atoms with Crippen LogP contribution in [0.1, 0.15) is 12.8 Å². The van der Waals surface area contributed by atoms with E-state index in [4.69, 9.17) is 4.42 Å². The summed E-state index contributed by atoms with van der Waals surface area (Å²) in [7, 11) is 1.53. The van der Waals surface area contributed by atoms with E-state index >= 15 is 0 Å². The molecule has 27 heavy (non-hydrogen) atoms. The molecular weight excluding hydrogens is 348 g/mol. The van der Waals surface area contributed by atoms with Gasteiger partial charge in [0.25, 0.3) is 0 Å². The van der Waals surface area contributed by atoms with Crippen LogP contribution in [0.3, 0.4) is 0 Å². The van der Waals surface area contributed by atoms with Crippen molar-refractivity contribution in [2.75, 3.05) is 17.7 Å². The number of oxazole rings is 1. The number of fused-ring (bicyclic) bond motifs is 1. The van der Waals surface area contributed by atoms with E-state index in [1.54, 1.807) is 36.4 Å². The first-order valence-corrected chi connectivity index (χ1v) is 8.54. The maximum absolute atomic E-state index is 12.1. The number of urea groups is 1. The average Bonchev–Trinajstić information content (AvgIpc) is 2.99. The van der Waals surface area contributed by atoms with E-state index in [0.717, 1.165) is 5.52 Å². The van der Waals surface area contributed by atoms with Crippen molar-refractivity contribution in [2.24, 2.45) is 0 Å². The van der Waals surface area contributed by atoms with Crippen LogP contribution in [0.4, 0.5) is 16.2 Å². The predicted molar refractivity (Wildman–Crippen MR) is 103 cm³/mol. The summed E-state index contributed by atoms with van der Waals surface area (Å²) in [6.07, 6.45) is 0.774. The molecule has 8 nitrogen and oxygen atoms in total. The molecule has 1 aromatic heterocycles. The molecule has 3 aromatic rings. The molecule has 0 saturated carbocycles. The van der Waals surface area contributed by atoms with Gasteiger partial charge in [-0.15, -0.1) is 0 Å². The molecule has 0 bridgehead atoms. The first-order chi connectivity index (χ1) is 13.1. The second kappa shape index (κ2) is 8.22. The smallest absolute Gasteiger partial charge is 0.408 e. The van der Waals surface area contributed by atoms with Gasteiger partial charge < -0.3 is 20.4 Å². The van der Waals surface area contributed by atoms with Gasteiger partial charge in [-0.1, -0.05) is 12.1 Å². The Kier molecular flexibility index (Phi) is 5.55. The van der Waals surface area contributed by atoms with Gasteiger partial charge >= 0.3 is 11.8 Å². The van der Waals surface area contributed by atoms with E-state index in [0.29, 0.717) is 29.9 Å². The zero-order valence-electron chi connectivity index (χ0n) is 14.8. The second-order valence-electron chi connectivity index (χ2n) is 5.92. The van der Waals surface area contributed by atoms with Crippen LogP contribution in [0.2, 0.25) is 0 Å². The second-order valence-corrected chi connectivity index (χ2v) is 5.92. The lowest BCUT2D eigenvalue weighted by Gasteiger charge is -2.08. The number of aryl methyl sites for hydroxylation is 1. The van der Waals surface area contributed by atoms with Gasteiger partial charge in [0.15, 0.2) is 5.58 Å². The molecule has 0 aliphatic heterocycles. The fraction of sp³-hybridized carbons (Fsp3) is 0.211. The maximum atomic E-state index is 12.1. The van der Waals surface area contributed by atoms with Crippen molar-refractivity contribution in [3.63, 3.8) is 0 Å². The molecule has 0 aliphatic carbocycles. The van der Waals surface area contributed by atoms with Crippen LogP contribution in [0.25, 0.3) is 11.1 Å². The number of nitrogens with zero attached hydrogens (tertiary/aromatic N) is 1. The van der Waals surface area contributed by atoms with E-state index in [2.05, 4.69) is 16.0 Å². The molecule has 0 spiro atoms. The fourth-order valence-electron chi connectivity index (χ4n) is 2.68. The highest BCUT2D eigenvalue weighted by Crippen LogP contribution is 2.15. The van der Waals surface area contributed by atoms with Crippen molar-refractivity contribution in [1.82, 2.24) is 9.88 Å². The fourth-order valence-corrected chi connectivity index (χ4v) is 2.68. The molecule has 1 heterocycles. The van der Waals surface area contributed by atoms with Gasteiger partial charge in [-0.05, 0) is 42.8 Å². The minimum absolute atomic E-state index is 0.150. The molecule has 0 aliphatic rings. The first kappa shape index (κ1) is 18.2. The summed E-state index contributed by atoms with van der Waals surface area (Å²) in [4.78, 5) is 35.2. The molecule has 3 rings (SSSR count). The monoisotopic (exact) mass is 368 g/mol. The summed E-state index contributed by atoms with van der Waals surface area (Å²) in [5.41, 5.74) is 2.52. The Morgan fingerprint density at radius 3 is 2.37 bits per heavy atom. The van der Waals surface area contributed by atoms with Crippen LogP contribution in [-0.2, 0) is 11.3 Å². The summed E-state index contributed by atoms with van der Waals surface area (Å²) in [6.45, 7) is 0.401. The van der Waals surface area contributed by atoms with Crippen molar-refractivity contribution < 1.29 is 14.0 Å². The highest BCUT2D eigenvalue weighted by atomic mass is 16.4. The molecular formula is C19H20N4O4. The van der Waals surface area contributed by atoms with Crippen molar-refractivity contribution >= 4 is 34.4 Å². The van der Waals surface area contributed by atoms with Crippen LogP contribution >= 0.6 is 0 Å². The Labute approximate surface area is 155 Å². The van der Waals surface area contributed by atoms with Gasteiger partial charge in [0, 0.05) is 31.4 Å². The average molecular weight is 368 g/mol. The number of aromatic nitrogens is 1. The molecule has 0 fully saturated rings. The number of benzene rings is 2. The SMILES string of the molecule is CNC(=O)Nc1ccc(NC(=O)CCCn2c(=O)oc3ccccc32)cc1. The van der Waals surface area contributed by atoms with Crippen molar-refractivity contribution in [1.29, 1.82) is 0 Å². The summed E-state index contributed by atoms with van der Waals surface area (Å²) in [6, 6.07) is 13.7. The number of carbonyl (C=O) groups is 2. The molecule has 3 N–H and O–H groups in total. The minimum Gasteiger partial charge on any atom is -0.408 e. The number of rotatable bonds is 6. The van der Waals surface area contributed by atoms with Crippen LogP contribution in [0.5, 0.6) is 0 Å². The molecule has 140 valence electrons. The number of para-hydroxylation sites is 2. The molecule has 0 saturated heterocycles. The third kappa shape index (κ3) is 4.55. The highest BCUT2D eigenvalue weighted by molar-refractivity contribution is 5.92. The quantitative estimate of drug-likeness (QED) is 0.622. The predicted octanol–water partition coefficient (Wildman–Crippen LogP) is 2.76. The number of hydrogen-bond acceptors (Lipinski definition) is 4. The molecule has 0 radical (unpaired) electrons. The van der Waals surface area contributed by atoms with Gasteiger partial charge in [0.05, 0.1) is 5.52 Å². The summed E-state index contributed by atoms with van der Waals surface area (Å²) >= 11 is 0. The lowest BCUT2D eigenvalue weighted by atomic mass is 10.2. The van der Waals surface area contributed by atoms with Crippen molar-refractivity contribution in [3.8, 4) is 0 Å². The van der Waals surface area contributed by atoms with Gasteiger partial charge in [0.2, 0.25) is 5.91 Å². The Hall–Kier alpha value is -3.55. The standard InChI is InChI=1S/C19H20N4O4/c1-20-18(25)22-14-10-8-13(9-11-14)21-17(24)7-4-12-23-15-5-2-3-6-16(15)27-19(23)26/h2-3,5-6,8-11H,4,7,12H2,1H3,(H,21,24)(H2,20,22,25). The first-order valence-electron chi connectivity index (χ1n) is 8.54. The van der Waals surface area contributed by atoms with Crippen molar-refractivity contribution in [2.45, 2.75) is 19.4 Å². The Balaban J connectivity index is 1.51. The van der Waals surface area contributed by atoms with Crippen LogP contribution in [0.15, 0.2) is 57.7 Å². The lowest BCUT2D eigenvalue weighted by molar-refractivity contribution is -0.116. The maximum Gasteiger partial charge on any atom is 0.419 e. The molecule has 2 aromatic carbocycles. The summed E-state index contributed by atoms with van der Waals surface area (Å²) in [5.74, 6) is -0.571. The van der Waals surface area contributed by atoms with E-state index < -0.39 is 5.76 Å². The Morgan fingerprint density at radius 1 is 1.00 bits per heavy atom. The molecule has 8 heteroatoms. The van der Waals surface area contributed by atoms with Crippen molar-refractivity contribution in [3.05, 3.63) is 59.1 Å². The lowest BCUT2D eigenvalue weighted by Crippen LogP contribution is -2.24. The van der Waals surface area contributed by atoms with Gasteiger partial charge in [-0.2, -0.15) is 0 Å². The van der Waals surface area contributed by atoms with Gasteiger partial charge in [-0.3, -0.25) is 9.36 Å². The van der Waals surface area contributed by atoms with Crippen LogP contribution in [-0.4, -0.2) is 23.6 Å². The summed E-state index contributed by atoms with van der Waals surface area (Å²) in [5, 5.41) is 7.89. The van der Waals surface area contributed by atoms with Gasteiger partial charge in [0.1, 0.15) is 0 Å². The summed E-state index contributed by atoms with van der Waals surface area (Å²) < 4.78 is 6.70. The van der Waals surface area contributed by atoms with E-state index in [1.807, 2.05) is 12.1 Å². The third-order valence-electron chi connectivity index (χ3n) is 4.01. The Bertz CT molecular complexity index is 1000. The normalized spacial score (nSPS) is 10.6. The van der Waals surface area contributed by atoms with E-state index in [9.17, 15) is 14.4 Å². The Morgan fingerprint density at radius 2 is 1.67 bits per heavy atom. The third-order valence-corrected chi connectivity index (χ3v) is 4.01. The highest BCUT2D eigenvalue weighted by Gasteiger charge is 2.09. The number of anilines is 2. The largest absolute Gasteiger partial charge is 0.419 e. The molecule has 3 amide bonds. The van der Waals surface area contributed by atoms with Crippen LogP contribution < -0.4 is 21.7 Å². The minimum atomic E-state index is -0.421. The zero-order valence-corrected chi connectivity index (χ0v) is 14.8.